The minimum absolute atomic E-state index is 0.237. The molecule has 1 aromatic carbocycles. The lowest BCUT2D eigenvalue weighted by molar-refractivity contribution is -0.312. The maximum absolute atomic E-state index is 12.5. The molecule has 138 valence electrons. The summed E-state index contributed by atoms with van der Waals surface area (Å²) in [6, 6.07) is 5.73. The summed E-state index contributed by atoms with van der Waals surface area (Å²) < 4.78 is -0.786. The molecule has 0 unspecified atom stereocenters. The molecule has 3 rings (SSSR count). The van der Waals surface area contributed by atoms with E-state index in [0.29, 0.717) is 0 Å². The molecule has 1 aromatic rings. The lowest BCUT2D eigenvalue weighted by Gasteiger charge is -2.45. The van der Waals surface area contributed by atoms with E-state index in [0.717, 1.165) is 0 Å². The van der Waals surface area contributed by atoms with Crippen molar-refractivity contribution in [1.29, 1.82) is 0 Å². The highest BCUT2D eigenvalue weighted by molar-refractivity contribution is 8.01. The van der Waals surface area contributed by atoms with Crippen LogP contribution < -0.4 is 15.5 Å². The molecule has 1 N–H and O–H groups in total. The topological polar surface area (TPSA) is 130 Å². The summed E-state index contributed by atoms with van der Waals surface area (Å²) in [5, 5.41) is 24.6. The van der Waals surface area contributed by atoms with Gasteiger partial charge in [0.15, 0.2) is 0 Å². The van der Waals surface area contributed by atoms with Gasteiger partial charge in [0.05, 0.1) is 18.0 Å². The summed E-state index contributed by atoms with van der Waals surface area (Å²) in [4.78, 5) is 48.8. The van der Waals surface area contributed by atoms with Crippen LogP contribution in [0, 0.1) is 0 Å². The highest BCUT2D eigenvalue weighted by Crippen LogP contribution is 2.50. The Hall–Kier alpha value is -2.55. The molecule has 9 heteroatoms. The van der Waals surface area contributed by atoms with Crippen molar-refractivity contribution in [2.24, 2.45) is 0 Å². The van der Waals surface area contributed by atoms with Crippen LogP contribution in [0.3, 0.4) is 0 Å². The normalized spacial score (nSPS) is 27.2. The Bertz CT molecular complexity index is 781. The number of fused-ring (bicyclic) bond motifs is 1. The van der Waals surface area contributed by atoms with Gasteiger partial charge < -0.3 is 30.0 Å². The molecule has 0 radical (unpaired) electrons. The molecule has 0 aromatic heterocycles. The van der Waals surface area contributed by atoms with Crippen molar-refractivity contribution >= 4 is 35.5 Å². The van der Waals surface area contributed by atoms with E-state index in [9.17, 15) is 29.4 Å². The van der Waals surface area contributed by atoms with Crippen LogP contribution in [0.15, 0.2) is 30.3 Å². The van der Waals surface area contributed by atoms with Crippen LogP contribution in [0.2, 0.25) is 0 Å². The molecule has 0 bridgehead atoms. The lowest BCUT2D eigenvalue weighted by atomic mass is 9.94. The number of amides is 2. The predicted octanol–water partition coefficient (Wildman–Crippen LogP) is -2.18. The molecule has 0 aliphatic carbocycles. The summed E-state index contributed by atoms with van der Waals surface area (Å²) in [6.45, 7) is 3.35. The molecule has 2 fully saturated rings. The highest BCUT2D eigenvalue weighted by Gasteiger charge is 2.62. The van der Waals surface area contributed by atoms with Crippen LogP contribution in [0.25, 0.3) is 0 Å². The average molecular weight is 376 g/mol. The Morgan fingerprint density at radius 1 is 1.19 bits per heavy atom. The first kappa shape index (κ1) is 18.2. The van der Waals surface area contributed by atoms with E-state index in [-0.39, 0.29) is 5.56 Å². The molecule has 2 aliphatic heterocycles. The van der Waals surface area contributed by atoms with Gasteiger partial charge in [0.2, 0.25) is 11.8 Å². The minimum Gasteiger partial charge on any atom is -0.549 e. The molecule has 0 saturated carbocycles. The Labute approximate surface area is 153 Å². The summed E-state index contributed by atoms with van der Waals surface area (Å²) in [7, 11) is 0. The van der Waals surface area contributed by atoms with Gasteiger partial charge in [-0.2, -0.15) is 0 Å². The fourth-order valence-electron chi connectivity index (χ4n) is 3.40. The van der Waals surface area contributed by atoms with Gasteiger partial charge in [-0.25, -0.2) is 0 Å². The number of hydrogen-bond acceptors (Lipinski definition) is 7. The number of nitrogens with one attached hydrogen (secondary N) is 1. The third-order valence-corrected chi connectivity index (χ3v) is 6.16. The number of nitrogens with zero attached hydrogens (tertiary/aromatic N) is 1. The lowest BCUT2D eigenvalue weighted by Crippen LogP contribution is -2.72. The standard InChI is InChI=1S/C17H18N2O6S/c1-17(2)11(16(24)25)19-13(21)10(14(19)26-17)18-12(20)9(15(22)23)8-6-4-3-5-7-8/h3-7,9-11,14H,1-2H3,(H,18,20)(H,22,23)(H,24,25)/p-2/t9-,10+,11-,14-/m1/s1. The van der Waals surface area contributed by atoms with Crippen molar-refractivity contribution in [3.8, 4) is 0 Å². The number of β-lactam (4-membered cyclic amide) rings is 1. The maximum atomic E-state index is 12.5. The number of carboxylic acids is 2. The molecule has 2 heterocycles. The third kappa shape index (κ3) is 2.82. The molecule has 26 heavy (non-hydrogen) atoms. The predicted molar refractivity (Wildman–Crippen MR) is 87.2 cm³/mol. The molecule has 2 amide bonds. The fraction of sp³-hybridized carbons (Fsp3) is 0.412. The third-order valence-electron chi connectivity index (χ3n) is 4.59. The fourth-order valence-corrected chi connectivity index (χ4v) is 5.02. The monoisotopic (exact) mass is 376 g/mol. The first-order valence-electron chi connectivity index (χ1n) is 7.92. The van der Waals surface area contributed by atoms with Gasteiger partial charge in [-0.15, -0.1) is 11.8 Å². The second kappa shape index (κ2) is 6.31. The number of rotatable bonds is 5. The number of hydrogen-bond donors (Lipinski definition) is 1. The molecule has 0 spiro atoms. The molecule has 8 nitrogen and oxygen atoms in total. The van der Waals surface area contributed by atoms with Crippen LogP contribution in [-0.2, 0) is 19.2 Å². The van der Waals surface area contributed by atoms with Gasteiger partial charge in [-0.1, -0.05) is 30.3 Å². The van der Waals surface area contributed by atoms with Crippen LogP contribution in [0.4, 0.5) is 0 Å². The van der Waals surface area contributed by atoms with Gasteiger partial charge in [0.25, 0.3) is 0 Å². The van der Waals surface area contributed by atoms with Crippen LogP contribution in [0.1, 0.15) is 25.3 Å². The highest BCUT2D eigenvalue weighted by atomic mass is 32.2. The van der Waals surface area contributed by atoms with Gasteiger partial charge >= 0.3 is 0 Å². The quantitative estimate of drug-likeness (QED) is 0.457. The number of carboxylic acid groups (broad SMARTS) is 2. The van der Waals surface area contributed by atoms with Gasteiger partial charge in [0.1, 0.15) is 17.3 Å². The van der Waals surface area contributed by atoms with Crippen LogP contribution in [0.5, 0.6) is 0 Å². The van der Waals surface area contributed by atoms with E-state index in [2.05, 4.69) is 5.32 Å². The summed E-state index contributed by atoms with van der Waals surface area (Å²) in [5.41, 5.74) is 0.237. The van der Waals surface area contributed by atoms with Crippen LogP contribution >= 0.6 is 11.8 Å². The first-order chi connectivity index (χ1) is 12.1. The maximum Gasteiger partial charge on any atom is 0.249 e. The van der Waals surface area contributed by atoms with E-state index in [1.54, 1.807) is 32.0 Å². The zero-order chi connectivity index (χ0) is 19.2. The number of benzene rings is 1. The van der Waals surface area contributed by atoms with Crippen molar-refractivity contribution in [3.05, 3.63) is 35.9 Å². The summed E-state index contributed by atoms with van der Waals surface area (Å²) in [5.74, 6) is -5.94. The Balaban J connectivity index is 1.78. The molecular formula is C17H16N2O6S-2. The second-order valence-electron chi connectivity index (χ2n) is 6.73. The minimum atomic E-state index is -1.58. The van der Waals surface area contributed by atoms with E-state index in [4.69, 9.17) is 0 Å². The van der Waals surface area contributed by atoms with E-state index in [1.807, 2.05) is 0 Å². The summed E-state index contributed by atoms with van der Waals surface area (Å²) in [6.07, 6.45) is 0. The van der Waals surface area contributed by atoms with E-state index >= 15 is 0 Å². The number of aliphatic carboxylic acids is 2. The second-order valence-corrected chi connectivity index (χ2v) is 8.50. The first-order valence-corrected chi connectivity index (χ1v) is 8.80. The van der Waals surface area contributed by atoms with Crippen molar-refractivity contribution in [2.75, 3.05) is 0 Å². The van der Waals surface area contributed by atoms with E-state index < -0.39 is 51.9 Å². The van der Waals surface area contributed by atoms with Gasteiger partial charge in [-0.3, -0.25) is 9.59 Å². The Kier molecular flexibility index (Phi) is 4.43. The Morgan fingerprint density at radius 3 is 2.35 bits per heavy atom. The van der Waals surface area contributed by atoms with Crippen molar-refractivity contribution < 1.29 is 29.4 Å². The van der Waals surface area contributed by atoms with Crippen molar-refractivity contribution in [3.63, 3.8) is 0 Å². The zero-order valence-corrected chi connectivity index (χ0v) is 14.8. The number of thioether (sulfide) groups is 1. The molecule has 2 aliphatic rings. The Morgan fingerprint density at radius 2 is 1.81 bits per heavy atom. The smallest absolute Gasteiger partial charge is 0.249 e. The number of carbonyl (C=O) groups is 4. The van der Waals surface area contributed by atoms with Crippen molar-refractivity contribution in [2.45, 2.75) is 42.0 Å². The van der Waals surface area contributed by atoms with Crippen LogP contribution in [-0.4, -0.2) is 50.9 Å². The molecular weight excluding hydrogens is 360 g/mol. The summed E-state index contributed by atoms with van der Waals surface area (Å²) >= 11 is 1.23. The average Bonchev–Trinajstić information content (AvgIpc) is 2.82. The molecule has 2 saturated heterocycles. The molecule has 4 atom stereocenters. The number of carbonyl (C=O) groups excluding carboxylic acids is 4. The van der Waals surface area contributed by atoms with Gasteiger partial charge in [-0.05, 0) is 19.4 Å². The largest absolute Gasteiger partial charge is 0.549 e. The van der Waals surface area contributed by atoms with Crippen molar-refractivity contribution in [1.82, 2.24) is 10.2 Å². The van der Waals surface area contributed by atoms with Gasteiger partial charge in [0, 0.05) is 4.75 Å². The van der Waals surface area contributed by atoms with E-state index in [1.165, 1.54) is 28.8 Å². The zero-order valence-electron chi connectivity index (χ0n) is 14.0. The SMILES string of the molecule is CC1(C)S[C@@H]2[C@@H](NC(=O)[C@H](C(=O)[O-])c3ccccc3)C(=O)N2[C@@H]1C(=O)[O-].